The molecule has 0 aliphatic heterocycles. The first-order valence-corrected chi connectivity index (χ1v) is 6.38. The molecule has 1 nitrogen and oxygen atoms in total. The number of rotatable bonds is 7. The highest BCUT2D eigenvalue weighted by molar-refractivity contribution is 5.92. The van der Waals surface area contributed by atoms with Crippen molar-refractivity contribution < 1.29 is 4.79 Å². The van der Waals surface area contributed by atoms with Crippen LogP contribution in [0, 0.1) is 5.41 Å². The molecular weight excluding hydrogens is 184 g/mol. The number of unbranched alkanes of at least 4 members (excludes halogenated alkanes) is 5. The van der Waals surface area contributed by atoms with Gasteiger partial charge in [0.25, 0.3) is 0 Å². The zero-order valence-electron chi connectivity index (χ0n) is 10.2. The lowest BCUT2D eigenvalue weighted by Crippen LogP contribution is -2.11. The van der Waals surface area contributed by atoms with E-state index in [9.17, 15) is 4.79 Å². The van der Waals surface area contributed by atoms with Crippen LogP contribution in [0.4, 0.5) is 0 Å². The minimum absolute atomic E-state index is 0.182. The predicted octanol–water partition coefficient (Wildman–Crippen LogP) is 4.27. The molecule has 0 aromatic rings. The Labute approximate surface area is 93.9 Å². The van der Waals surface area contributed by atoms with Crippen molar-refractivity contribution in [2.24, 2.45) is 5.41 Å². The number of hydrogen-bond acceptors (Lipinski definition) is 1. The van der Waals surface area contributed by atoms with Crippen LogP contribution in [0.3, 0.4) is 0 Å². The lowest BCUT2D eigenvalue weighted by molar-refractivity contribution is -0.115. The van der Waals surface area contributed by atoms with E-state index in [1.807, 2.05) is 0 Å². The summed E-state index contributed by atoms with van der Waals surface area (Å²) in [5.74, 6) is 0.309. The van der Waals surface area contributed by atoms with E-state index < -0.39 is 0 Å². The fraction of sp³-hybridized carbons (Fsp3) is 0.786. The molecule has 0 N–H and O–H groups in total. The Morgan fingerprint density at radius 1 is 1.20 bits per heavy atom. The van der Waals surface area contributed by atoms with Gasteiger partial charge in [0.1, 0.15) is 0 Å². The summed E-state index contributed by atoms with van der Waals surface area (Å²) in [7, 11) is 0. The van der Waals surface area contributed by atoms with Gasteiger partial charge < -0.3 is 0 Å². The van der Waals surface area contributed by atoms with E-state index in [0.717, 1.165) is 6.42 Å². The summed E-state index contributed by atoms with van der Waals surface area (Å²) in [6.07, 6.45) is 13.8. The highest BCUT2D eigenvalue weighted by Crippen LogP contribution is 2.34. The van der Waals surface area contributed by atoms with E-state index >= 15 is 0 Å². The SMILES string of the molecule is CCCCCCCCC1(C)C=CC(=O)C1. The molecule has 15 heavy (non-hydrogen) atoms. The second-order valence-electron chi connectivity index (χ2n) is 5.15. The molecule has 0 radical (unpaired) electrons. The molecule has 1 aliphatic rings. The van der Waals surface area contributed by atoms with Crippen LogP contribution in [0.15, 0.2) is 12.2 Å². The maximum atomic E-state index is 11.1. The Kier molecular flexibility index (Phi) is 5.07. The largest absolute Gasteiger partial charge is 0.295 e. The lowest BCUT2D eigenvalue weighted by atomic mass is 9.84. The minimum Gasteiger partial charge on any atom is -0.295 e. The molecule has 0 aromatic carbocycles. The molecule has 0 saturated carbocycles. The van der Waals surface area contributed by atoms with E-state index in [4.69, 9.17) is 0 Å². The number of ketones is 1. The Morgan fingerprint density at radius 3 is 2.47 bits per heavy atom. The molecule has 0 saturated heterocycles. The van der Waals surface area contributed by atoms with Crippen LogP contribution in [0.1, 0.15) is 65.2 Å². The van der Waals surface area contributed by atoms with Crippen molar-refractivity contribution in [3.05, 3.63) is 12.2 Å². The van der Waals surface area contributed by atoms with Gasteiger partial charge >= 0.3 is 0 Å². The van der Waals surface area contributed by atoms with Crippen LogP contribution in [0.25, 0.3) is 0 Å². The Hall–Kier alpha value is -0.590. The first kappa shape index (κ1) is 12.5. The minimum atomic E-state index is 0.182. The summed E-state index contributed by atoms with van der Waals surface area (Å²) in [5, 5.41) is 0. The van der Waals surface area contributed by atoms with Gasteiger partial charge in [0.2, 0.25) is 0 Å². The van der Waals surface area contributed by atoms with Crippen molar-refractivity contribution >= 4 is 5.78 Å². The van der Waals surface area contributed by atoms with Crippen LogP contribution in [-0.4, -0.2) is 5.78 Å². The fourth-order valence-electron chi connectivity index (χ4n) is 2.29. The maximum Gasteiger partial charge on any atom is 0.156 e. The molecule has 1 atom stereocenters. The van der Waals surface area contributed by atoms with Crippen LogP contribution in [-0.2, 0) is 4.79 Å². The van der Waals surface area contributed by atoms with E-state index in [2.05, 4.69) is 19.9 Å². The van der Waals surface area contributed by atoms with Gasteiger partial charge in [-0.05, 0) is 17.9 Å². The average Bonchev–Trinajstić information content (AvgIpc) is 2.53. The van der Waals surface area contributed by atoms with E-state index in [1.165, 1.54) is 44.9 Å². The molecule has 0 spiro atoms. The fourth-order valence-corrected chi connectivity index (χ4v) is 2.29. The molecule has 1 aliphatic carbocycles. The standard InChI is InChI=1S/C14H24O/c1-3-4-5-6-7-8-10-14(2)11-9-13(15)12-14/h9,11H,3-8,10,12H2,1-2H3. The van der Waals surface area contributed by atoms with Crippen molar-refractivity contribution in [2.75, 3.05) is 0 Å². The van der Waals surface area contributed by atoms with Crippen molar-refractivity contribution in [2.45, 2.75) is 65.2 Å². The highest BCUT2D eigenvalue weighted by atomic mass is 16.1. The van der Waals surface area contributed by atoms with Crippen molar-refractivity contribution in [1.82, 2.24) is 0 Å². The third-order valence-corrected chi connectivity index (χ3v) is 3.35. The molecule has 0 aromatic heterocycles. The van der Waals surface area contributed by atoms with Gasteiger partial charge in [0.15, 0.2) is 5.78 Å². The second kappa shape index (κ2) is 6.09. The van der Waals surface area contributed by atoms with Gasteiger partial charge in [-0.25, -0.2) is 0 Å². The topological polar surface area (TPSA) is 17.1 Å². The van der Waals surface area contributed by atoms with Crippen LogP contribution in [0.5, 0.6) is 0 Å². The number of carbonyl (C=O) groups is 1. The summed E-state index contributed by atoms with van der Waals surface area (Å²) < 4.78 is 0. The van der Waals surface area contributed by atoms with Gasteiger partial charge in [0.05, 0.1) is 0 Å². The van der Waals surface area contributed by atoms with E-state index in [-0.39, 0.29) is 5.41 Å². The van der Waals surface area contributed by atoms with Crippen LogP contribution in [0.2, 0.25) is 0 Å². The lowest BCUT2D eigenvalue weighted by Gasteiger charge is -2.20. The highest BCUT2D eigenvalue weighted by Gasteiger charge is 2.27. The molecule has 0 bridgehead atoms. The molecule has 0 heterocycles. The van der Waals surface area contributed by atoms with Crippen molar-refractivity contribution in [1.29, 1.82) is 0 Å². The normalized spacial score (nSPS) is 25.1. The van der Waals surface area contributed by atoms with Crippen LogP contribution >= 0.6 is 0 Å². The maximum absolute atomic E-state index is 11.1. The number of allylic oxidation sites excluding steroid dienone is 2. The zero-order chi connectivity index (χ0) is 11.1. The summed E-state index contributed by atoms with van der Waals surface area (Å²) in [4.78, 5) is 11.1. The quantitative estimate of drug-likeness (QED) is 0.571. The van der Waals surface area contributed by atoms with E-state index in [0.29, 0.717) is 5.78 Å². The second-order valence-corrected chi connectivity index (χ2v) is 5.15. The molecule has 0 fully saturated rings. The number of hydrogen-bond donors (Lipinski definition) is 0. The Bertz CT molecular complexity index is 229. The zero-order valence-corrected chi connectivity index (χ0v) is 10.2. The molecule has 1 rings (SSSR count). The third-order valence-electron chi connectivity index (χ3n) is 3.35. The summed E-state index contributed by atoms with van der Waals surface area (Å²) in [6.45, 7) is 4.45. The van der Waals surface area contributed by atoms with Gasteiger partial charge in [0, 0.05) is 6.42 Å². The average molecular weight is 208 g/mol. The Morgan fingerprint density at radius 2 is 1.87 bits per heavy atom. The first-order chi connectivity index (χ1) is 7.16. The monoisotopic (exact) mass is 208 g/mol. The van der Waals surface area contributed by atoms with Crippen molar-refractivity contribution in [3.63, 3.8) is 0 Å². The summed E-state index contributed by atoms with van der Waals surface area (Å²) in [5.41, 5.74) is 0.182. The molecule has 0 amide bonds. The predicted molar refractivity (Wildman–Crippen MR) is 64.9 cm³/mol. The molecule has 86 valence electrons. The van der Waals surface area contributed by atoms with Gasteiger partial charge in [-0.2, -0.15) is 0 Å². The first-order valence-electron chi connectivity index (χ1n) is 6.38. The number of carbonyl (C=O) groups excluding carboxylic acids is 1. The molecule has 1 unspecified atom stereocenters. The van der Waals surface area contributed by atoms with Gasteiger partial charge in [-0.3, -0.25) is 4.79 Å². The van der Waals surface area contributed by atoms with E-state index in [1.54, 1.807) is 6.08 Å². The smallest absolute Gasteiger partial charge is 0.156 e. The van der Waals surface area contributed by atoms with Crippen molar-refractivity contribution in [3.8, 4) is 0 Å². The summed E-state index contributed by atoms with van der Waals surface area (Å²) in [6, 6.07) is 0. The Balaban J connectivity index is 2.05. The van der Waals surface area contributed by atoms with Gasteiger partial charge in [-0.1, -0.05) is 58.4 Å². The van der Waals surface area contributed by atoms with Crippen LogP contribution < -0.4 is 0 Å². The summed E-state index contributed by atoms with van der Waals surface area (Å²) >= 11 is 0. The molecular formula is C14H24O. The molecule has 1 heteroatoms. The third kappa shape index (κ3) is 4.63. The van der Waals surface area contributed by atoms with Gasteiger partial charge in [-0.15, -0.1) is 0 Å².